The SMILES string of the molecule is CCCCCCCCCCCCCCCCCCCCCCCCC(=O)O[C@H](COC(=O)CCCCCCCCCCCCCCCCC(C)CC)COP(=O)(O)OC[C@@H](O)COP(=O)(O)OC[C@@H](COC(=O)CCCCCCCCC(C)C)OC(=O)CCCCCCCCCCCCCCC. The van der Waals surface area contributed by atoms with E-state index in [1.807, 2.05) is 0 Å². The van der Waals surface area contributed by atoms with Crippen molar-refractivity contribution in [1.29, 1.82) is 0 Å². The molecule has 0 aliphatic heterocycles. The largest absolute Gasteiger partial charge is 0.472 e. The summed E-state index contributed by atoms with van der Waals surface area (Å²) in [4.78, 5) is 73.0. The summed E-state index contributed by atoms with van der Waals surface area (Å²) in [5, 5.41) is 10.6. The molecule has 0 radical (unpaired) electrons. The van der Waals surface area contributed by atoms with Crippen LogP contribution in [0, 0.1) is 11.8 Å². The zero-order valence-corrected chi connectivity index (χ0v) is 68.7. The fraction of sp³-hybridized carbons (Fsp3) is 0.952. The van der Waals surface area contributed by atoms with E-state index in [-0.39, 0.29) is 25.7 Å². The van der Waals surface area contributed by atoms with E-state index in [4.69, 9.17) is 37.0 Å². The van der Waals surface area contributed by atoms with Crippen LogP contribution in [0.15, 0.2) is 0 Å². The molecule has 0 aromatic heterocycles. The molecule has 6 atom stereocenters. The van der Waals surface area contributed by atoms with Crippen molar-refractivity contribution in [2.45, 2.75) is 458 Å². The van der Waals surface area contributed by atoms with Crippen LogP contribution < -0.4 is 0 Å². The summed E-state index contributed by atoms with van der Waals surface area (Å²) in [6.07, 6.45) is 65.4. The summed E-state index contributed by atoms with van der Waals surface area (Å²) in [6, 6.07) is 0. The molecule has 17 nitrogen and oxygen atoms in total. The molecule has 0 aromatic carbocycles. The molecule has 0 spiro atoms. The quantitative estimate of drug-likeness (QED) is 0.0222. The molecule has 0 saturated carbocycles. The Morgan fingerprint density at radius 2 is 0.500 bits per heavy atom. The number of unbranched alkanes of at least 4 members (excludes halogenated alkanes) is 51. The van der Waals surface area contributed by atoms with Crippen molar-refractivity contribution >= 4 is 39.5 Å². The molecular formula is C83H162O17P2. The van der Waals surface area contributed by atoms with Crippen LogP contribution in [0.4, 0.5) is 0 Å². The van der Waals surface area contributed by atoms with Crippen LogP contribution in [0.1, 0.15) is 440 Å². The lowest BCUT2D eigenvalue weighted by atomic mass is 9.99. The number of carbonyl (C=O) groups is 4. The van der Waals surface area contributed by atoms with Gasteiger partial charge in [0.1, 0.15) is 19.3 Å². The van der Waals surface area contributed by atoms with E-state index in [0.717, 1.165) is 102 Å². The Bertz CT molecular complexity index is 1960. The van der Waals surface area contributed by atoms with Crippen molar-refractivity contribution < 1.29 is 80.2 Å². The van der Waals surface area contributed by atoms with Gasteiger partial charge in [-0.25, -0.2) is 9.13 Å². The highest BCUT2D eigenvalue weighted by Gasteiger charge is 2.30. The van der Waals surface area contributed by atoms with Gasteiger partial charge in [0, 0.05) is 25.7 Å². The minimum atomic E-state index is -4.96. The van der Waals surface area contributed by atoms with Gasteiger partial charge in [-0.2, -0.15) is 0 Å². The Hall–Kier alpha value is -1.94. The highest BCUT2D eigenvalue weighted by Crippen LogP contribution is 2.45. The van der Waals surface area contributed by atoms with E-state index in [1.165, 1.54) is 250 Å². The first-order chi connectivity index (χ1) is 49.4. The van der Waals surface area contributed by atoms with Gasteiger partial charge in [-0.1, -0.05) is 388 Å². The van der Waals surface area contributed by atoms with Gasteiger partial charge in [-0.3, -0.25) is 37.3 Å². The summed E-state index contributed by atoms with van der Waals surface area (Å²) in [7, 11) is -9.92. The lowest BCUT2D eigenvalue weighted by Gasteiger charge is -2.21. The van der Waals surface area contributed by atoms with Crippen LogP contribution in [0.5, 0.6) is 0 Å². The Balaban J connectivity index is 5.20. The number of phosphoric ester groups is 2. The van der Waals surface area contributed by atoms with Crippen LogP contribution in [0.25, 0.3) is 0 Å². The summed E-state index contributed by atoms with van der Waals surface area (Å²) >= 11 is 0. The smallest absolute Gasteiger partial charge is 0.462 e. The first kappa shape index (κ1) is 100. The van der Waals surface area contributed by atoms with E-state index in [9.17, 15) is 43.2 Å². The van der Waals surface area contributed by atoms with E-state index >= 15 is 0 Å². The van der Waals surface area contributed by atoms with Crippen LogP contribution in [0.2, 0.25) is 0 Å². The molecule has 0 aliphatic carbocycles. The van der Waals surface area contributed by atoms with E-state index < -0.39 is 97.5 Å². The summed E-state index contributed by atoms with van der Waals surface area (Å²) in [5.41, 5.74) is 0. The second-order valence-electron chi connectivity index (χ2n) is 30.6. The van der Waals surface area contributed by atoms with Gasteiger partial charge in [0.2, 0.25) is 0 Å². The molecular weight excluding hydrogens is 1330 g/mol. The molecule has 0 heterocycles. The molecule has 102 heavy (non-hydrogen) atoms. The number of aliphatic hydroxyl groups is 1. The van der Waals surface area contributed by atoms with Crippen LogP contribution in [-0.2, 0) is 65.4 Å². The van der Waals surface area contributed by atoms with Crippen molar-refractivity contribution in [3.63, 3.8) is 0 Å². The zero-order valence-electron chi connectivity index (χ0n) is 66.9. The second kappa shape index (κ2) is 74.5. The van der Waals surface area contributed by atoms with Crippen LogP contribution >= 0.6 is 15.6 Å². The fourth-order valence-corrected chi connectivity index (χ4v) is 14.4. The second-order valence-corrected chi connectivity index (χ2v) is 33.5. The molecule has 0 aromatic rings. The molecule has 0 bridgehead atoms. The normalized spacial score (nSPS) is 14.1. The average molecular weight is 1490 g/mol. The number of hydrogen-bond acceptors (Lipinski definition) is 15. The van der Waals surface area contributed by atoms with Gasteiger partial charge in [0.05, 0.1) is 26.4 Å². The van der Waals surface area contributed by atoms with Crippen molar-refractivity contribution in [1.82, 2.24) is 0 Å². The highest BCUT2D eigenvalue weighted by molar-refractivity contribution is 7.47. The molecule has 0 saturated heterocycles. The number of hydrogen-bond donors (Lipinski definition) is 3. The minimum absolute atomic E-state index is 0.107. The summed E-state index contributed by atoms with van der Waals surface area (Å²) < 4.78 is 68.7. The number of ether oxygens (including phenoxy) is 4. The number of carbonyl (C=O) groups excluding carboxylic acids is 4. The molecule has 0 amide bonds. The number of phosphoric acid groups is 2. The Morgan fingerprint density at radius 3 is 0.745 bits per heavy atom. The van der Waals surface area contributed by atoms with Gasteiger partial charge in [0.15, 0.2) is 12.2 Å². The molecule has 606 valence electrons. The number of rotatable bonds is 82. The maximum Gasteiger partial charge on any atom is 0.472 e. The molecule has 0 fully saturated rings. The summed E-state index contributed by atoms with van der Waals surface area (Å²) in [5.74, 6) is -0.579. The van der Waals surface area contributed by atoms with Gasteiger partial charge >= 0.3 is 39.5 Å². The number of aliphatic hydroxyl groups excluding tert-OH is 1. The third-order valence-corrected chi connectivity index (χ3v) is 21.7. The average Bonchev–Trinajstić information content (AvgIpc) is 0.966. The van der Waals surface area contributed by atoms with Crippen molar-refractivity contribution in [3.05, 3.63) is 0 Å². The Morgan fingerprint density at radius 1 is 0.284 bits per heavy atom. The predicted molar refractivity (Wildman–Crippen MR) is 418 cm³/mol. The van der Waals surface area contributed by atoms with Gasteiger partial charge in [0.25, 0.3) is 0 Å². The third-order valence-electron chi connectivity index (χ3n) is 19.8. The molecule has 0 aliphatic rings. The van der Waals surface area contributed by atoms with Gasteiger partial charge in [-0.15, -0.1) is 0 Å². The van der Waals surface area contributed by atoms with Crippen molar-refractivity contribution in [3.8, 4) is 0 Å². The summed E-state index contributed by atoms with van der Waals surface area (Å²) in [6.45, 7) is 9.62. The lowest BCUT2D eigenvalue weighted by molar-refractivity contribution is -0.161. The number of esters is 4. The maximum atomic E-state index is 13.1. The molecule has 0 rings (SSSR count). The van der Waals surface area contributed by atoms with Crippen molar-refractivity contribution in [2.24, 2.45) is 11.8 Å². The molecule has 3 N–H and O–H groups in total. The Labute approximate surface area is 626 Å². The van der Waals surface area contributed by atoms with Crippen LogP contribution in [0.3, 0.4) is 0 Å². The van der Waals surface area contributed by atoms with E-state index in [2.05, 4.69) is 41.5 Å². The van der Waals surface area contributed by atoms with Crippen molar-refractivity contribution in [2.75, 3.05) is 39.6 Å². The maximum absolute atomic E-state index is 13.1. The van der Waals surface area contributed by atoms with Crippen LogP contribution in [-0.4, -0.2) is 96.7 Å². The predicted octanol–water partition coefficient (Wildman–Crippen LogP) is 25.1. The van der Waals surface area contributed by atoms with E-state index in [1.54, 1.807) is 0 Å². The molecule has 3 unspecified atom stereocenters. The van der Waals surface area contributed by atoms with Gasteiger partial charge < -0.3 is 33.8 Å². The first-order valence-electron chi connectivity index (χ1n) is 43.0. The third kappa shape index (κ3) is 74.9. The van der Waals surface area contributed by atoms with E-state index in [0.29, 0.717) is 31.6 Å². The standard InChI is InChI=1S/C83H162O17P2/c1-7-10-12-14-16-18-20-22-23-24-25-26-27-28-29-30-36-40-44-48-56-62-68-82(87)99-78(71-93-80(85)65-59-53-46-42-38-35-32-31-34-37-41-45-52-58-64-76(6)9-3)73-97-101(89,90)95-69-77(84)70-96-102(91,92)98-74-79(72-94-81(86)66-60-54-50-49-51-57-63-75(4)5)100-83(88)67-61-55-47-43-39-33-21-19-17-15-13-11-8-2/h75-79,84H,7-74H2,1-6H3,(H,89,90)(H,91,92)/t76?,77-,78-,79-/m1/s1. The zero-order chi connectivity index (χ0) is 74.9. The first-order valence-corrected chi connectivity index (χ1v) is 46.0. The lowest BCUT2D eigenvalue weighted by Crippen LogP contribution is -2.30. The Kier molecular flexibility index (Phi) is 73.1. The van der Waals surface area contributed by atoms with Gasteiger partial charge in [-0.05, 0) is 37.5 Å². The fourth-order valence-electron chi connectivity index (χ4n) is 12.9. The minimum Gasteiger partial charge on any atom is -0.462 e. The monoisotopic (exact) mass is 1490 g/mol. The highest BCUT2D eigenvalue weighted by atomic mass is 31.2. The molecule has 19 heteroatoms. The topological polar surface area (TPSA) is 237 Å².